The lowest BCUT2D eigenvalue weighted by molar-refractivity contribution is -0.125. The third-order valence-electron chi connectivity index (χ3n) is 3.64. The summed E-state index contributed by atoms with van der Waals surface area (Å²) in [6.07, 6.45) is 1.20. The highest BCUT2D eigenvalue weighted by Crippen LogP contribution is 2.16. The molecular weight excluding hydrogens is 310 g/mol. The number of carbonyl (C=O) groups is 1. The molecule has 6 nitrogen and oxygen atoms in total. The van der Waals surface area contributed by atoms with Crippen LogP contribution in [0.2, 0.25) is 0 Å². The number of nitrogens with one attached hydrogen (secondary N) is 1. The van der Waals surface area contributed by atoms with Crippen LogP contribution in [0.3, 0.4) is 0 Å². The summed E-state index contributed by atoms with van der Waals surface area (Å²) < 4.78 is 25.0. The van der Waals surface area contributed by atoms with Gasteiger partial charge in [-0.2, -0.15) is 11.3 Å². The Bertz CT molecular complexity index is 571. The number of rotatable bonds is 4. The van der Waals surface area contributed by atoms with Crippen LogP contribution in [0.5, 0.6) is 0 Å². The zero-order chi connectivity index (χ0) is 15.5. The lowest BCUT2D eigenvalue weighted by Gasteiger charge is -2.22. The molecule has 1 fully saturated rings. The molecule has 1 saturated heterocycles. The maximum absolute atomic E-state index is 12.0. The van der Waals surface area contributed by atoms with Gasteiger partial charge in [0.25, 0.3) is 0 Å². The van der Waals surface area contributed by atoms with Crippen molar-refractivity contribution >= 4 is 27.3 Å². The SMILES string of the molecule is CNC(=O)C1CN(Cc2ccsc2)CCN(S(C)(=O)=O)C1. The number of hydrogen-bond acceptors (Lipinski definition) is 5. The molecule has 1 aliphatic rings. The van der Waals surface area contributed by atoms with Crippen molar-refractivity contribution in [1.82, 2.24) is 14.5 Å². The van der Waals surface area contributed by atoms with E-state index in [-0.39, 0.29) is 18.4 Å². The summed E-state index contributed by atoms with van der Waals surface area (Å²) in [6, 6.07) is 2.05. The summed E-state index contributed by atoms with van der Waals surface area (Å²) >= 11 is 1.64. The molecule has 1 atom stereocenters. The molecule has 2 heterocycles. The highest BCUT2D eigenvalue weighted by molar-refractivity contribution is 7.88. The first-order valence-electron chi connectivity index (χ1n) is 6.80. The van der Waals surface area contributed by atoms with Crippen LogP contribution in [0.1, 0.15) is 5.56 Å². The molecule has 0 aromatic carbocycles. The average molecular weight is 331 g/mol. The Kier molecular flexibility index (Phi) is 5.37. The summed E-state index contributed by atoms with van der Waals surface area (Å²) in [7, 11) is -1.70. The van der Waals surface area contributed by atoms with Gasteiger partial charge in [-0.05, 0) is 22.4 Å². The topological polar surface area (TPSA) is 69.7 Å². The van der Waals surface area contributed by atoms with Crippen LogP contribution in [0.15, 0.2) is 16.8 Å². The van der Waals surface area contributed by atoms with Crippen LogP contribution in [0.4, 0.5) is 0 Å². The molecule has 0 saturated carbocycles. The smallest absolute Gasteiger partial charge is 0.225 e. The van der Waals surface area contributed by atoms with Crippen molar-refractivity contribution in [2.75, 3.05) is 39.5 Å². The number of nitrogens with zero attached hydrogens (tertiary/aromatic N) is 2. The van der Waals surface area contributed by atoms with Crippen LogP contribution in [-0.2, 0) is 21.4 Å². The minimum Gasteiger partial charge on any atom is -0.359 e. The van der Waals surface area contributed by atoms with Gasteiger partial charge in [0.2, 0.25) is 15.9 Å². The Morgan fingerprint density at radius 3 is 2.76 bits per heavy atom. The number of hydrogen-bond donors (Lipinski definition) is 1. The van der Waals surface area contributed by atoms with Crippen molar-refractivity contribution in [3.63, 3.8) is 0 Å². The monoisotopic (exact) mass is 331 g/mol. The largest absolute Gasteiger partial charge is 0.359 e. The Labute approximate surface area is 129 Å². The minimum atomic E-state index is -3.28. The highest BCUT2D eigenvalue weighted by atomic mass is 32.2. The third-order valence-corrected chi connectivity index (χ3v) is 5.64. The number of thiophene rings is 1. The normalized spacial score (nSPS) is 21.9. The van der Waals surface area contributed by atoms with Gasteiger partial charge in [-0.25, -0.2) is 12.7 Å². The second-order valence-electron chi connectivity index (χ2n) is 5.30. The minimum absolute atomic E-state index is 0.110. The fourth-order valence-corrected chi connectivity index (χ4v) is 4.03. The van der Waals surface area contributed by atoms with Gasteiger partial charge in [-0.15, -0.1) is 0 Å². The predicted octanol–water partition coefficient (Wildman–Crippen LogP) is 0.188. The van der Waals surface area contributed by atoms with E-state index in [4.69, 9.17) is 0 Å². The van der Waals surface area contributed by atoms with Gasteiger partial charge in [0.15, 0.2) is 0 Å². The average Bonchev–Trinajstić information content (AvgIpc) is 2.82. The van der Waals surface area contributed by atoms with Crippen molar-refractivity contribution in [2.45, 2.75) is 6.54 Å². The maximum atomic E-state index is 12.0. The van der Waals surface area contributed by atoms with Gasteiger partial charge in [-0.1, -0.05) is 0 Å². The van der Waals surface area contributed by atoms with E-state index in [2.05, 4.69) is 21.7 Å². The Morgan fingerprint density at radius 1 is 1.43 bits per heavy atom. The first-order valence-corrected chi connectivity index (χ1v) is 9.59. The molecule has 1 N–H and O–H groups in total. The van der Waals surface area contributed by atoms with Crippen LogP contribution in [0, 0.1) is 5.92 Å². The summed E-state index contributed by atoms with van der Waals surface area (Å²) in [4.78, 5) is 14.1. The summed E-state index contributed by atoms with van der Waals surface area (Å²) in [6.45, 7) is 2.63. The van der Waals surface area contributed by atoms with Crippen molar-refractivity contribution in [3.05, 3.63) is 22.4 Å². The first kappa shape index (κ1) is 16.4. The second kappa shape index (κ2) is 6.87. The molecule has 0 radical (unpaired) electrons. The first-order chi connectivity index (χ1) is 9.90. The molecule has 8 heteroatoms. The van der Waals surface area contributed by atoms with Crippen LogP contribution in [-0.4, -0.2) is 63.0 Å². The lowest BCUT2D eigenvalue weighted by Crippen LogP contribution is -2.41. The van der Waals surface area contributed by atoms with E-state index in [1.165, 1.54) is 16.1 Å². The van der Waals surface area contributed by atoms with E-state index >= 15 is 0 Å². The number of amides is 1. The van der Waals surface area contributed by atoms with E-state index in [1.54, 1.807) is 18.4 Å². The van der Waals surface area contributed by atoms with Crippen LogP contribution >= 0.6 is 11.3 Å². The van der Waals surface area contributed by atoms with E-state index < -0.39 is 10.0 Å². The van der Waals surface area contributed by atoms with E-state index in [0.29, 0.717) is 19.6 Å². The molecule has 1 unspecified atom stereocenters. The van der Waals surface area contributed by atoms with Crippen molar-refractivity contribution < 1.29 is 13.2 Å². The molecule has 1 aromatic heterocycles. The highest BCUT2D eigenvalue weighted by Gasteiger charge is 2.31. The lowest BCUT2D eigenvalue weighted by atomic mass is 10.1. The van der Waals surface area contributed by atoms with Gasteiger partial charge in [-0.3, -0.25) is 9.69 Å². The fraction of sp³-hybridized carbons (Fsp3) is 0.615. The number of sulfonamides is 1. The Morgan fingerprint density at radius 2 is 2.19 bits per heavy atom. The second-order valence-corrected chi connectivity index (χ2v) is 8.06. The molecule has 1 aromatic rings. The molecule has 21 heavy (non-hydrogen) atoms. The zero-order valence-electron chi connectivity index (χ0n) is 12.3. The molecule has 0 spiro atoms. The Balaban J connectivity index is 2.13. The maximum Gasteiger partial charge on any atom is 0.225 e. The van der Waals surface area contributed by atoms with Crippen LogP contribution < -0.4 is 5.32 Å². The van der Waals surface area contributed by atoms with E-state index in [0.717, 1.165) is 6.54 Å². The van der Waals surface area contributed by atoms with Crippen molar-refractivity contribution in [1.29, 1.82) is 0 Å². The van der Waals surface area contributed by atoms with Crippen molar-refractivity contribution in [3.8, 4) is 0 Å². The van der Waals surface area contributed by atoms with Gasteiger partial charge in [0.1, 0.15) is 0 Å². The van der Waals surface area contributed by atoms with Gasteiger partial charge in [0, 0.05) is 39.8 Å². The molecule has 1 aliphatic heterocycles. The summed E-state index contributed by atoms with van der Waals surface area (Å²) in [5, 5.41) is 6.73. The molecule has 2 rings (SSSR count). The fourth-order valence-electron chi connectivity index (χ4n) is 2.51. The summed E-state index contributed by atoms with van der Waals surface area (Å²) in [5.41, 5.74) is 1.20. The molecule has 0 aliphatic carbocycles. The zero-order valence-corrected chi connectivity index (χ0v) is 13.9. The number of carbonyl (C=O) groups excluding carboxylic acids is 1. The van der Waals surface area contributed by atoms with E-state index in [1.807, 2.05) is 5.38 Å². The quantitative estimate of drug-likeness (QED) is 0.855. The van der Waals surface area contributed by atoms with Gasteiger partial charge in [0.05, 0.1) is 12.2 Å². The van der Waals surface area contributed by atoms with Crippen LogP contribution in [0.25, 0.3) is 0 Å². The van der Waals surface area contributed by atoms with Gasteiger partial charge < -0.3 is 5.32 Å². The third kappa shape index (κ3) is 4.50. The van der Waals surface area contributed by atoms with E-state index in [9.17, 15) is 13.2 Å². The van der Waals surface area contributed by atoms with Gasteiger partial charge >= 0.3 is 0 Å². The summed E-state index contributed by atoms with van der Waals surface area (Å²) in [5.74, 6) is -0.452. The predicted molar refractivity (Wildman–Crippen MR) is 83.6 cm³/mol. The standard InChI is InChI=1S/C13H21N3O3S2/c1-14-13(17)12-8-15(7-11-3-6-20-10-11)4-5-16(9-12)21(2,18)19/h3,6,10,12H,4-5,7-9H2,1-2H3,(H,14,17). The van der Waals surface area contributed by atoms with Crippen molar-refractivity contribution in [2.24, 2.45) is 5.92 Å². The molecule has 1 amide bonds. The molecule has 118 valence electrons. The molecular formula is C13H21N3O3S2. The Hall–Kier alpha value is -0.960. The molecule has 0 bridgehead atoms.